The van der Waals surface area contributed by atoms with Gasteiger partial charge in [-0.1, -0.05) is 30.3 Å². The van der Waals surface area contributed by atoms with Crippen molar-refractivity contribution in [3.05, 3.63) is 35.9 Å². The van der Waals surface area contributed by atoms with Gasteiger partial charge in [0.15, 0.2) is 11.2 Å². The molecule has 0 aromatic heterocycles. The van der Waals surface area contributed by atoms with Crippen LogP contribution in [0, 0.1) is 0 Å². The van der Waals surface area contributed by atoms with Crippen LogP contribution < -0.4 is 0 Å². The minimum absolute atomic E-state index is 0.401. The number of esters is 1. The topological polar surface area (TPSA) is 43.4 Å². The van der Waals surface area contributed by atoms with Crippen molar-refractivity contribution in [1.82, 2.24) is 0 Å². The third-order valence-corrected chi connectivity index (χ3v) is 2.28. The number of carbonyl (C=O) groups is 2. The van der Waals surface area contributed by atoms with Crippen LogP contribution in [0.5, 0.6) is 0 Å². The largest absolute Gasteiger partial charge is 0.459 e. The zero-order valence-electron chi connectivity index (χ0n) is 10.1. The number of carbonyl (C=O) groups excluding carboxylic acids is 2. The van der Waals surface area contributed by atoms with Crippen molar-refractivity contribution in [2.75, 3.05) is 0 Å². The molecule has 0 amide bonds. The number of ketones is 1. The Morgan fingerprint density at radius 2 is 1.71 bits per heavy atom. The van der Waals surface area contributed by atoms with Gasteiger partial charge in [0, 0.05) is 5.56 Å². The van der Waals surface area contributed by atoms with Crippen molar-refractivity contribution >= 4 is 23.4 Å². The summed E-state index contributed by atoms with van der Waals surface area (Å²) < 4.78 is 5.05. The molecule has 0 spiro atoms. The monoisotopic (exact) mass is 254 g/mol. The number of rotatable bonds is 3. The number of hydrogen-bond donors (Lipinski definition) is 0. The Morgan fingerprint density at radius 3 is 2.18 bits per heavy atom. The highest BCUT2D eigenvalue weighted by Gasteiger charge is 2.29. The Balaban J connectivity index is 2.74. The molecule has 17 heavy (non-hydrogen) atoms. The molecule has 0 aliphatic rings. The molecule has 0 aliphatic carbocycles. The van der Waals surface area contributed by atoms with Crippen LogP contribution in [0.3, 0.4) is 0 Å². The molecule has 0 bridgehead atoms. The molecule has 0 N–H and O–H groups in total. The van der Waals surface area contributed by atoms with E-state index >= 15 is 0 Å². The lowest BCUT2D eigenvalue weighted by Crippen LogP contribution is -2.33. The zero-order valence-corrected chi connectivity index (χ0v) is 10.8. The number of halogens is 1. The first-order valence-corrected chi connectivity index (χ1v) is 5.71. The molecule has 92 valence electrons. The summed E-state index contributed by atoms with van der Waals surface area (Å²) in [6.07, 6.45) is 0. The first-order chi connectivity index (χ1) is 7.81. The van der Waals surface area contributed by atoms with Crippen molar-refractivity contribution in [3.8, 4) is 0 Å². The van der Waals surface area contributed by atoms with Crippen LogP contribution in [-0.4, -0.2) is 22.7 Å². The van der Waals surface area contributed by atoms with E-state index in [1.54, 1.807) is 51.1 Å². The van der Waals surface area contributed by atoms with Gasteiger partial charge in [0.05, 0.1) is 0 Å². The van der Waals surface area contributed by atoms with Crippen molar-refractivity contribution < 1.29 is 14.3 Å². The summed E-state index contributed by atoms with van der Waals surface area (Å²) in [5, 5.41) is -1.29. The predicted octanol–water partition coefficient (Wildman–Crippen LogP) is 2.82. The van der Waals surface area contributed by atoms with E-state index in [0.717, 1.165) is 0 Å². The number of alkyl halides is 1. The van der Waals surface area contributed by atoms with Gasteiger partial charge in [0.25, 0.3) is 0 Å². The van der Waals surface area contributed by atoms with Gasteiger partial charge in [-0.15, -0.1) is 11.6 Å². The number of hydrogen-bond acceptors (Lipinski definition) is 3. The van der Waals surface area contributed by atoms with Crippen molar-refractivity contribution in [3.63, 3.8) is 0 Å². The molecule has 1 unspecified atom stereocenters. The smallest absolute Gasteiger partial charge is 0.332 e. The quantitative estimate of drug-likeness (QED) is 0.361. The van der Waals surface area contributed by atoms with E-state index in [4.69, 9.17) is 16.3 Å². The first kappa shape index (κ1) is 13.7. The van der Waals surface area contributed by atoms with Crippen molar-refractivity contribution in [2.24, 2.45) is 0 Å². The van der Waals surface area contributed by atoms with Gasteiger partial charge in [-0.25, -0.2) is 4.79 Å². The highest BCUT2D eigenvalue weighted by molar-refractivity contribution is 6.43. The molecular weight excluding hydrogens is 240 g/mol. The maximum Gasteiger partial charge on any atom is 0.332 e. The van der Waals surface area contributed by atoms with Gasteiger partial charge in [-0.3, -0.25) is 4.79 Å². The fraction of sp³-hybridized carbons (Fsp3) is 0.385. The van der Waals surface area contributed by atoms with E-state index in [2.05, 4.69) is 0 Å². The van der Waals surface area contributed by atoms with Crippen LogP contribution in [-0.2, 0) is 9.53 Å². The third kappa shape index (κ3) is 4.19. The second-order valence-electron chi connectivity index (χ2n) is 4.63. The van der Waals surface area contributed by atoms with Crippen molar-refractivity contribution in [2.45, 2.75) is 31.7 Å². The second-order valence-corrected chi connectivity index (χ2v) is 5.06. The van der Waals surface area contributed by atoms with Gasteiger partial charge >= 0.3 is 5.97 Å². The van der Waals surface area contributed by atoms with Crippen LogP contribution in [0.4, 0.5) is 0 Å². The minimum Gasteiger partial charge on any atom is -0.459 e. The van der Waals surface area contributed by atoms with Crippen LogP contribution in [0.15, 0.2) is 30.3 Å². The molecule has 1 rings (SSSR count). The average molecular weight is 255 g/mol. The molecule has 0 saturated carbocycles. The highest BCUT2D eigenvalue weighted by Crippen LogP contribution is 2.14. The molecule has 3 nitrogen and oxygen atoms in total. The van der Waals surface area contributed by atoms with E-state index in [9.17, 15) is 9.59 Å². The fourth-order valence-corrected chi connectivity index (χ4v) is 1.38. The maximum atomic E-state index is 11.8. The van der Waals surface area contributed by atoms with E-state index in [1.807, 2.05) is 0 Å². The lowest BCUT2D eigenvalue weighted by atomic mass is 10.1. The zero-order chi connectivity index (χ0) is 13.1. The molecule has 0 fully saturated rings. The van der Waals surface area contributed by atoms with Crippen LogP contribution in [0.25, 0.3) is 0 Å². The van der Waals surface area contributed by atoms with Crippen LogP contribution in [0.2, 0.25) is 0 Å². The average Bonchev–Trinajstić information content (AvgIpc) is 2.26. The third-order valence-electron chi connectivity index (χ3n) is 1.90. The molecule has 1 aromatic rings. The Morgan fingerprint density at radius 1 is 1.18 bits per heavy atom. The Kier molecular flexibility index (Phi) is 4.29. The SMILES string of the molecule is CC(C)(C)OC(=O)C(Cl)C(=O)c1ccccc1. The molecule has 1 atom stereocenters. The van der Waals surface area contributed by atoms with E-state index in [0.29, 0.717) is 5.56 Å². The lowest BCUT2D eigenvalue weighted by Gasteiger charge is -2.21. The molecule has 4 heteroatoms. The lowest BCUT2D eigenvalue weighted by molar-refractivity contribution is -0.153. The standard InChI is InChI=1S/C13H15ClO3/c1-13(2,3)17-12(16)10(14)11(15)9-7-5-4-6-8-9/h4-8,10H,1-3H3. The molecule has 1 aromatic carbocycles. The van der Waals surface area contributed by atoms with Gasteiger partial charge in [0.2, 0.25) is 0 Å². The number of Topliss-reactive ketones (excluding diaryl/α,β-unsaturated/α-hetero) is 1. The number of benzene rings is 1. The van der Waals surface area contributed by atoms with Gasteiger partial charge in [0.1, 0.15) is 5.60 Å². The van der Waals surface area contributed by atoms with Crippen LogP contribution >= 0.6 is 11.6 Å². The predicted molar refractivity (Wildman–Crippen MR) is 66.3 cm³/mol. The van der Waals surface area contributed by atoms with Gasteiger partial charge in [-0.2, -0.15) is 0 Å². The van der Waals surface area contributed by atoms with E-state index in [1.165, 1.54) is 0 Å². The first-order valence-electron chi connectivity index (χ1n) is 5.27. The summed E-state index contributed by atoms with van der Waals surface area (Å²) in [5.74, 6) is -1.16. The highest BCUT2D eigenvalue weighted by atomic mass is 35.5. The molecule has 0 saturated heterocycles. The van der Waals surface area contributed by atoms with Gasteiger partial charge < -0.3 is 4.74 Å². The maximum absolute atomic E-state index is 11.8. The summed E-state index contributed by atoms with van der Waals surface area (Å²) in [4.78, 5) is 23.4. The summed E-state index contributed by atoms with van der Waals surface area (Å²) in [6.45, 7) is 5.17. The van der Waals surface area contributed by atoms with E-state index < -0.39 is 22.7 Å². The summed E-state index contributed by atoms with van der Waals surface area (Å²) in [5.41, 5.74) is -0.250. The minimum atomic E-state index is -1.29. The van der Waals surface area contributed by atoms with Crippen LogP contribution in [0.1, 0.15) is 31.1 Å². The number of ether oxygens (including phenoxy) is 1. The van der Waals surface area contributed by atoms with Crippen molar-refractivity contribution in [1.29, 1.82) is 0 Å². The summed E-state index contributed by atoms with van der Waals surface area (Å²) >= 11 is 5.80. The molecule has 0 heterocycles. The fourth-order valence-electron chi connectivity index (χ4n) is 1.21. The summed E-state index contributed by atoms with van der Waals surface area (Å²) in [7, 11) is 0. The molecule has 0 aliphatic heterocycles. The van der Waals surface area contributed by atoms with E-state index in [-0.39, 0.29) is 0 Å². The Hall–Kier alpha value is -1.35. The Bertz CT molecular complexity index is 406. The second kappa shape index (κ2) is 5.32. The van der Waals surface area contributed by atoms with Gasteiger partial charge in [-0.05, 0) is 20.8 Å². The summed E-state index contributed by atoms with van der Waals surface area (Å²) in [6, 6.07) is 8.44. The normalized spacial score (nSPS) is 12.9. The molecular formula is C13H15ClO3. The molecule has 0 radical (unpaired) electrons. The Labute approximate surface area is 106 Å².